The van der Waals surface area contributed by atoms with Crippen LogP contribution in [0.25, 0.3) is 0 Å². The van der Waals surface area contributed by atoms with Crippen molar-refractivity contribution in [3.05, 3.63) is 28.8 Å². The normalized spacial score (nSPS) is 22.1. The summed E-state index contributed by atoms with van der Waals surface area (Å²) in [6.07, 6.45) is 0.427. The van der Waals surface area contributed by atoms with Crippen LogP contribution in [0.4, 0.5) is 0 Å². The van der Waals surface area contributed by atoms with Crippen molar-refractivity contribution < 1.29 is 27.9 Å². The average Bonchev–Trinajstić information content (AvgIpc) is 2.53. The zero-order chi connectivity index (χ0) is 18.1. The first-order valence-electron chi connectivity index (χ1n) is 7.27. The van der Waals surface area contributed by atoms with Crippen LogP contribution in [0, 0.1) is 11.8 Å². The summed E-state index contributed by atoms with van der Waals surface area (Å²) in [5.41, 5.74) is 0.136. The van der Waals surface area contributed by atoms with Crippen molar-refractivity contribution in [1.82, 2.24) is 4.31 Å². The number of carbonyl (C=O) groups excluding carboxylic acids is 1. The number of carbonyl (C=O) groups is 2. The quantitative estimate of drug-likeness (QED) is 0.806. The van der Waals surface area contributed by atoms with Gasteiger partial charge in [0.2, 0.25) is 10.0 Å². The minimum absolute atomic E-state index is 0.0808. The van der Waals surface area contributed by atoms with Gasteiger partial charge in [0.05, 0.1) is 23.6 Å². The third kappa shape index (κ3) is 3.71. The Labute approximate surface area is 145 Å². The third-order valence-corrected chi connectivity index (χ3v) is 6.26. The van der Waals surface area contributed by atoms with E-state index in [0.717, 1.165) is 4.31 Å². The first kappa shape index (κ1) is 18.7. The maximum absolute atomic E-state index is 12.8. The van der Waals surface area contributed by atoms with Gasteiger partial charge in [-0.05, 0) is 30.5 Å². The number of carboxylic acid groups (broad SMARTS) is 1. The molecule has 1 aliphatic heterocycles. The molecule has 2 unspecified atom stereocenters. The molecule has 24 heavy (non-hydrogen) atoms. The molecule has 0 saturated carbocycles. The van der Waals surface area contributed by atoms with E-state index in [1.165, 1.54) is 25.3 Å². The molecule has 132 valence electrons. The Balaban J connectivity index is 2.36. The second kappa shape index (κ2) is 7.08. The lowest BCUT2D eigenvalue weighted by Crippen LogP contribution is -2.45. The van der Waals surface area contributed by atoms with E-state index in [1.54, 1.807) is 6.92 Å². The summed E-state index contributed by atoms with van der Waals surface area (Å²) in [4.78, 5) is 22.6. The first-order chi connectivity index (χ1) is 11.2. The molecule has 0 radical (unpaired) electrons. The van der Waals surface area contributed by atoms with Gasteiger partial charge in [0, 0.05) is 13.1 Å². The molecule has 1 aliphatic rings. The molecule has 1 saturated heterocycles. The van der Waals surface area contributed by atoms with Gasteiger partial charge in [0.1, 0.15) is 4.90 Å². The van der Waals surface area contributed by atoms with Gasteiger partial charge in [-0.3, -0.25) is 4.79 Å². The molecule has 0 bridgehead atoms. The smallest absolute Gasteiger partial charge is 0.337 e. The number of halogens is 1. The summed E-state index contributed by atoms with van der Waals surface area (Å²) in [7, 11) is -2.74. The van der Waals surface area contributed by atoms with Gasteiger partial charge >= 0.3 is 11.9 Å². The van der Waals surface area contributed by atoms with E-state index >= 15 is 0 Å². The number of hydrogen-bond acceptors (Lipinski definition) is 5. The van der Waals surface area contributed by atoms with E-state index in [2.05, 4.69) is 4.74 Å². The zero-order valence-electron chi connectivity index (χ0n) is 13.2. The van der Waals surface area contributed by atoms with E-state index in [-0.39, 0.29) is 34.5 Å². The molecule has 2 atom stereocenters. The fourth-order valence-corrected chi connectivity index (χ4v) is 4.90. The highest BCUT2D eigenvalue weighted by atomic mass is 35.5. The number of ether oxygens (including phenoxy) is 1. The fraction of sp³-hybridized carbons (Fsp3) is 0.467. The number of nitrogens with zero attached hydrogens (tertiary/aromatic N) is 1. The molecule has 1 aromatic carbocycles. The van der Waals surface area contributed by atoms with Crippen LogP contribution < -0.4 is 0 Å². The highest BCUT2D eigenvalue weighted by Crippen LogP contribution is 2.31. The Morgan fingerprint density at radius 3 is 2.54 bits per heavy atom. The van der Waals surface area contributed by atoms with E-state index < -0.39 is 27.9 Å². The third-order valence-electron chi connectivity index (χ3n) is 3.95. The van der Waals surface area contributed by atoms with Crippen LogP contribution in [0.3, 0.4) is 0 Å². The lowest BCUT2D eigenvalue weighted by molar-refractivity contribution is -0.143. The Bertz CT molecular complexity index is 763. The van der Waals surface area contributed by atoms with Crippen LogP contribution in [0.1, 0.15) is 23.7 Å². The molecule has 0 amide bonds. The SMILES string of the molecule is COC(=O)c1ccc(S(=O)(=O)N2CC(C)CC(C(=O)O)C2)c(Cl)c1. The van der Waals surface area contributed by atoms with Crippen molar-refractivity contribution in [2.45, 2.75) is 18.2 Å². The predicted molar refractivity (Wildman–Crippen MR) is 86.5 cm³/mol. The minimum Gasteiger partial charge on any atom is -0.481 e. The Hall–Kier alpha value is -1.64. The van der Waals surface area contributed by atoms with Crippen LogP contribution in [-0.2, 0) is 19.6 Å². The van der Waals surface area contributed by atoms with Crippen molar-refractivity contribution in [3.8, 4) is 0 Å². The Morgan fingerprint density at radius 1 is 1.33 bits per heavy atom. The van der Waals surface area contributed by atoms with Crippen LogP contribution in [0.2, 0.25) is 5.02 Å². The van der Waals surface area contributed by atoms with Gasteiger partial charge in [-0.1, -0.05) is 18.5 Å². The molecule has 7 nitrogen and oxygen atoms in total. The number of rotatable bonds is 4. The summed E-state index contributed by atoms with van der Waals surface area (Å²) in [5, 5.41) is 9.08. The summed E-state index contributed by atoms with van der Waals surface area (Å²) in [6.45, 7) is 1.93. The van der Waals surface area contributed by atoms with Gasteiger partial charge in [-0.2, -0.15) is 4.31 Å². The highest BCUT2D eigenvalue weighted by Gasteiger charge is 2.37. The number of aliphatic carboxylic acids is 1. The van der Waals surface area contributed by atoms with E-state index in [1.807, 2.05) is 0 Å². The molecular weight excluding hydrogens is 358 g/mol. The van der Waals surface area contributed by atoms with Crippen molar-refractivity contribution in [3.63, 3.8) is 0 Å². The molecule has 9 heteroatoms. The molecular formula is C15H18ClNO6S. The molecule has 2 rings (SSSR count). The zero-order valence-corrected chi connectivity index (χ0v) is 14.8. The maximum atomic E-state index is 12.8. The lowest BCUT2D eigenvalue weighted by atomic mass is 9.92. The number of methoxy groups -OCH3 is 1. The molecule has 1 fully saturated rings. The number of esters is 1. The first-order valence-corrected chi connectivity index (χ1v) is 9.09. The number of piperidine rings is 1. The van der Waals surface area contributed by atoms with Crippen molar-refractivity contribution in [2.24, 2.45) is 11.8 Å². The van der Waals surface area contributed by atoms with E-state index in [0.29, 0.717) is 6.42 Å². The predicted octanol–water partition coefficient (Wildman–Crippen LogP) is 1.86. The van der Waals surface area contributed by atoms with Gasteiger partial charge in [-0.25, -0.2) is 13.2 Å². The molecule has 1 N–H and O–H groups in total. The standard InChI is InChI=1S/C15H18ClNO6S/c1-9-5-11(14(18)19)8-17(7-9)24(21,22)13-4-3-10(6-12(13)16)15(20)23-2/h3-4,6,9,11H,5,7-8H2,1-2H3,(H,18,19). The number of sulfonamides is 1. The van der Waals surface area contributed by atoms with E-state index in [9.17, 15) is 23.1 Å². The lowest BCUT2D eigenvalue weighted by Gasteiger charge is -2.33. The van der Waals surface area contributed by atoms with Crippen molar-refractivity contribution >= 4 is 33.6 Å². The van der Waals surface area contributed by atoms with Gasteiger partial charge in [0.25, 0.3) is 0 Å². The topological polar surface area (TPSA) is 101 Å². The molecule has 1 aromatic rings. The van der Waals surface area contributed by atoms with Crippen LogP contribution in [-0.4, -0.2) is 50.0 Å². The molecule has 0 aliphatic carbocycles. The van der Waals surface area contributed by atoms with Gasteiger partial charge in [-0.15, -0.1) is 0 Å². The van der Waals surface area contributed by atoms with Crippen LogP contribution >= 0.6 is 11.6 Å². The summed E-state index contributed by atoms with van der Waals surface area (Å²) in [5.74, 6) is -2.48. The summed E-state index contributed by atoms with van der Waals surface area (Å²) < 4.78 is 31.3. The monoisotopic (exact) mass is 375 g/mol. The van der Waals surface area contributed by atoms with Crippen molar-refractivity contribution in [2.75, 3.05) is 20.2 Å². The van der Waals surface area contributed by atoms with Crippen LogP contribution in [0.5, 0.6) is 0 Å². The van der Waals surface area contributed by atoms with Gasteiger partial charge in [0.15, 0.2) is 0 Å². The van der Waals surface area contributed by atoms with Crippen molar-refractivity contribution in [1.29, 1.82) is 0 Å². The number of carboxylic acids is 1. The largest absolute Gasteiger partial charge is 0.481 e. The maximum Gasteiger partial charge on any atom is 0.337 e. The second-order valence-corrected chi connectivity index (χ2v) is 8.15. The van der Waals surface area contributed by atoms with E-state index in [4.69, 9.17) is 11.6 Å². The Kier molecular flexibility index (Phi) is 5.52. The highest BCUT2D eigenvalue weighted by molar-refractivity contribution is 7.89. The summed E-state index contributed by atoms with van der Waals surface area (Å²) >= 11 is 6.04. The second-order valence-electron chi connectivity index (χ2n) is 5.83. The Morgan fingerprint density at radius 2 is 2.00 bits per heavy atom. The van der Waals surface area contributed by atoms with Crippen LogP contribution in [0.15, 0.2) is 23.1 Å². The molecule has 0 spiro atoms. The van der Waals surface area contributed by atoms with Gasteiger partial charge < -0.3 is 9.84 Å². The fourth-order valence-electron chi connectivity index (χ4n) is 2.77. The average molecular weight is 376 g/mol. The number of benzene rings is 1. The molecule has 1 heterocycles. The summed E-state index contributed by atoms with van der Waals surface area (Å²) in [6, 6.07) is 3.77. The minimum atomic E-state index is -3.96. The molecule has 0 aromatic heterocycles. The number of hydrogen-bond donors (Lipinski definition) is 1.